The summed E-state index contributed by atoms with van der Waals surface area (Å²) in [5, 5.41) is 8.84. The fourth-order valence-electron chi connectivity index (χ4n) is 1.34. The Kier molecular flexibility index (Phi) is 2.53. The van der Waals surface area contributed by atoms with Crippen LogP contribution < -0.4 is 4.74 Å². The number of benzene rings is 1. The van der Waals surface area contributed by atoms with Crippen LogP contribution in [0.5, 0.6) is 6.08 Å². The minimum absolute atomic E-state index is 0.148. The minimum Gasteiger partial charge on any atom is -0.478 e. The monoisotopic (exact) mass is 235 g/mol. The van der Waals surface area contributed by atoms with Crippen molar-refractivity contribution in [2.45, 2.75) is 26.4 Å². The number of aromatic nitrogens is 1. The Morgan fingerprint density at radius 2 is 2.12 bits per heavy atom. The minimum atomic E-state index is -0.999. The summed E-state index contributed by atoms with van der Waals surface area (Å²) in [6.07, 6.45) is 0.148. The highest BCUT2D eigenvalue weighted by molar-refractivity contribution is 5.91. The van der Waals surface area contributed by atoms with Gasteiger partial charge >= 0.3 is 12.0 Å². The average Bonchev–Trinajstić information content (AvgIpc) is 2.54. The van der Waals surface area contributed by atoms with Gasteiger partial charge in [-0.15, -0.1) is 0 Å². The van der Waals surface area contributed by atoms with E-state index >= 15 is 0 Å². The van der Waals surface area contributed by atoms with E-state index in [2.05, 4.69) is 4.98 Å². The Morgan fingerprint density at radius 1 is 1.41 bits per heavy atom. The van der Waals surface area contributed by atoms with Crippen LogP contribution in [0.25, 0.3) is 11.1 Å². The molecule has 0 aliphatic rings. The Labute approximate surface area is 98.0 Å². The van der Waals surface area contributed by atoms with E-state index in [9.17, 15) is 4.79 Å². The van der Waals surface area contributed by atoms with Crippen molar-refractivity contribution in [2.75, 3.05) is 0 Å². The number of carboxylic acids is 1. The lowest BCUT2D eigenvalue weighted by Gasteiger charge is -2.17. The van der Waals surface area contributed by atoms with E-state index in [1.165, 1.54) is 12.1 Å². The Morgan fingerprint density at radius 3 is 2.71 bits per heavy atom. The quantitative estimate of drug-likeness (QED) is 0.866. The SMILES string of the molecule is CC(C)(C)Oc1nc2ccc(C(=O)O)cc2o1. The van der Waals surface area contributed by atoms with Crippen molar-refractivity contribution in [3.05, 3.63) is 23.8 Å². The molecule has 2 rings (SSSR count). The van der Waals surface area contributed by atoms with Crippen LogP contribution in [0.3, 0.4) is 0 Å². The highest BCUT2D eigenvalue weighted by atomic mass is 16.6. The molecule has 0 radical (unpaired) electrons. The second-order valence-corrected chi connectivity index (χ2v) is 4.68. The maximum atomic E-state index is 10.8. The molecule has 2 aromatic rings. The number of ether oxygens (including phenoxy) is 1. The van der Waals surface area contributed by atoms with Crippen LogP contribution in [-0.2, 0) is 0 Å². The first-order chi connectivity index (χ1) is 7.85. The molecule has 0 bridgehead atoms. The average molecular weight is 235 g/mol. The van der Waals surface area contributed by atoms with Crippen molar-refractivity contribution in [1.29, 1.82) is 0 Å². The normalized spacial score (nSPS) is 11.7. The maximum Gasteiger partial charge on any atom is 0.395 e. The van der Waals surface area contributed by atoms with Gasteiger partial charge in [-0.1, -0.05) is 0 Å². The second kappa shape index (κ2) is 3.76. The lowest BCUT2D eigenvalue weighted by atomic mass is 10.2. The highest BCUT2D eigenvalue weighted by Crippen LogP contribution is 2.24. The van der Waals surface area contributed by atoms with Crippen LogP contribution in [-0.4, -0.2) is 21.7 Å². The third-order valence-electron chi connectivity index (χ3n) is 2.01. The van der Waals surface area contributed by atoms with Crippen LogP contribution in [0.1, 0.15) is 31.1 Å². The molecule has 5 nitrogen and oxygen atoms in total. The van der Waals surface area contributed by atoms with Crippen molar-refractivity contribution in [3.8, 4) is 6.08 Å². The van der Waals surface area contributed by atoms with E-state index in [4.69, 9.17) is 14.3 Å². The molecule has 0 amide bonds. The fourth-order valence-corrected chi connectivity index (χ4v) is 1.34. The second-order valence-electron chi connectivity index (χ2n) is 4.68. The van der Waals surface area contributed by atoms with Crippen LogP contribution in [0, 0.1) is 0 Å². The lowest BCUT2D eigenvalue weighted by molar-refractivity contribution is 0.0696. The number of hydrogen-bond donors (Lipinski definition) is 1. The largest absolute Gasteiger partial charge is 0.478 e. The Balaban J connectivity index is 2.40. The van der Waals surface area contributed by atoms with Gasteiger partial charge < -0.3 is 14.3 Å². The van der Waals surface area contributed by atoms with Gasteiger partial charge in [-0.2, -0.15) is 4.98 Å². The fraction of sp³-hybridized carbons (Fsp3) is 0.333. The van der Waals surface area contributed by atoms with E-state index < -0.39 is 11.6 Å². The molecule has 17 heavy (non-hydrogen) atoms. The molecular formula is C12H13NO4. The molecule has 0 spiro atoms. The molecule has 0 unspecified atom stereocenters. The zero-order valence-electron chi connectivity index (χ0n) is 9.85. The smallest absolute Gasteiger partial charge is 0.395 e. The van der Waals surface area contributed by atoms with Gasteiger partial charge in [-0.05, 0) is 39.0 Å². The van der Waals surface area contributed by atoms with Crippen LogP contribution >= 0.6 is 0 Å². The van der Waals surface area contributed by atoms with E-state index in [0.29, 0.717) is 11.1 Å². The predicted octanol–water partition coefficient (Wildman–Crippen LogP) is 2.70. The number of fused-ring (bicyclic) bond motifs is 1. The molecule has 5 heteroatoms. The molecule has 0 aliphatic heterocycles. The number of oxazole rings is 1. The summed E-state index contributed by atoms with van der Waals surface area (Å²) in [5.41, 5.74) is 0.741. The van der Waals surface area contributed by atoms with Crippen LogP contribution in [0.2, 0.25) is 0 Å². The third kappa shape index (κ3) is 2.55. The van der Waals surface area contributed by atoms with Gasteiger partial charge in [0.05, 0.1) is 5.56 Å². The number of nitrogens with zero attached hydrogens (tertiary/aromatic N) is 1. The van der Waals surface area contributed by atoms with Gasteiger partial charge in [0.15, 0.2) is 5.58 Å². The number of hydrogen-bond acceptors (Lipinski definition) is 4. The molecule has 1 N–H and O–H groups in total. The van der Waals surface area contributed by atoms with Crippen molar-refractivity contribution in [1.82, 2.24) is 4.98 Å². The molecule has 0 saturated heterocycles. The molecule has 0 saturated carbocycles. The first-order valence-corrected chi connectivity index (χ1v) is 5.18. The molecule has 1 heterocycles. The van der Waals surface area contributed by atoms with Crippen molar-refractivity contribution >= 4 is 17.1 Å². The molecule has 0 atom stereocenters. The summed E-state index contributed by atoms with van der Waals surface area (Å²) in [5.74, 6) is -0.999. The summed E-state index contributed by atoms with van der Waals surface area (Å²) in [7, 11) is 0. The number of aromatic carboxylic acids is 1. The first-order valence-electron chi connectivity index (χ1n) is 5.18. The number of carboxylic acid groups (broad SMARTS) is 1. The third-order valence-corrected chi connectivity index (χ3v) is 2.01. The molecule has 0 aliphatic carbocycles. The van der Waals surface area contributed by atoms with Crippen molar-refractivity contribution in [3.63, 3.8) is 0 Å². The molecule has 0 fully saturated rings. The first kappa shape index (κ1) is 11.4. The van der Waals surface area contributed by atoms with Gasteiger partial charge in [0.2, 0.25) is 0 Å². The van der Waals surface area contributed by atoms with E-state index in [1.54, 1.807) is 6.07 Å². The molecule has 90 valence electrons. The summed E-state index contributed by atoms with van der Waals surface area (Å²) >= 11 is 0. The standard InChI is InChI=1S/C12H13NO4/c1-12(2,3)17-11-13-8-5-4-7(10(14)15)6-9(8)16-11/h4-6H,1-3H3,(H,14,15). The Hall–Kier alpha value is -2.04. The van der Waals surface area contributed by atoms with Gasteiger partial charge in [-0.25, -0.2) is 4.79 Å². The molecule has 1 aromatic heterocycles. The molecular weight excluding hydrogens is 222 g/mol. The summed E-state index contributed by atoms with van der Waals surface area (Å²) in [4.78, 5) is 14.9. The van der Waals surface area contributed by atoms with Crippen LogP contribution in [0.4, 0.5) is 0 Å². The van der Waals surface area contributed by atoms with Gasteiger partial charge in [-0.3, -0.25) is 0 Å². The van der Waals surface area contributed by atoms with Crippen molar-refractivity contribution < 1.29 is 19.1 Å². The van der Waals surface area contributed by atoms with Gasteiger partial charge in [0.1, 0.15) is 11.1 Å². The summed E-state index contributed by atoms with van der Waals surface area (Å²) < 4.78 is 10.8. The maximum absolute atomic E-state index is 10.8. The predicted molar refractivity (Wildman–Crippen MR) is 61.3 cm³/mol. The van der Waals surface area contributed by atoms with Crippen molar-refractivity contribution in [2.24, 2.45) is 0 Å². The topological polar surface area (TPSA) is 72.6 Å². The Bertz CT molecular complexity index is 565. The zero-order valence-corrected chi connectivity index (χ0v) is 9.85. The van der Waals surface area contributed by atoms with Gasteiger partial charge in [0.25, 0.3) is 0 Å². The highest BCUT2D eigenvalue weighted by Gasteiger charge is 2.17. The summed E-state index contributed by atoms with van der Waals surface area (Å²) in [6, 6.07) is 4.51. The van der Waals surface area contributed by atoms with E-state index in [-0.39, 0.29) is 11.6 Å². The van der Waals surface area contributed by atoms with Gasteiger partial charge in [0, 0.05) is 0 Å². The van der Waals surface area contributed by atoms with Crippen LogP contribution in [0.15, 0.2) is 22.6 Å². The van der Waals surface area contributed by atoms with E-state index in [0.717, 1.165) is 0 Å². The lowest BCUT2D eigenvalue weighted by Crippen LogP contribution is -2.23. The molecule has 1 aromatic carbocycles. The zero-order chi connectivity index (χ0) is 12.6. The van der Waals surface area contributed by atoms with E-state index in [1.807, 2.05) is 20.8 Å². The summed E-state index contributed by atoms with van der Waals surface area (Å²) in [6.45, 7) is 5.64. The number of carbonyl (C=O) groups is 1. The number of rotatable bonds is 2.